The second-order valence-electron chi connectivity index (χ2n) is 4.36. The van der Waals surface area contributed by atoms with E-state index in [9.17, 15) is 8.42 Å². The van der Waals surface area contributed by atoms with Gasteiger partial charge in [0.05, 0.1) is 17.3 Å². The van der Waals surface area contributed by atoms with Gasteiger partial charge in [0, 0.05) is 28.3 Å². The number of benzene rings is 1. The zero-order valence-electron chi connectivity index (χ0n) is 11.1. The minimum atomic E-state index is -3.69. The van der Waals surface area contributed by atoms with Gasteiger partial charge in [0.2, 0.25) is 10.0 Å². The monoisotopic (exact) mass is 385 g/mol. The van der Waals surface area contributed by atoms with Gasteiger partial charge >= 0.3 is 0 Å². The highest BCUT2D eigenvalue weighted by molar-refractivity contribution is 9.10. The van der Waals surface area contributed by atoms with Crippen molar-refractivity contribution in [2.75, 3.05) is 12.8 Å². The Hall–Kier alpha value is -1.40. The number of hydrogen-bond acceptors (Lipinski definition) is 5. The summed E-state index contributed by atoms with van der Waals surface area (Å²) in [5.41, 5.74) is 6.16. The van der Waals surface area contributed by atoms with Crippen LogP contribution in [0.15, 0.2) is 39.0 Å². The fourth-order valence-electron chi connectivity index (χ4n) is 1.76. The molecule has 0 aliphatic heterocycles. The van der Waals surface area contributed by atoms with Crippen molar-refractivity contribution < 1.29 is 8.42 Å². The fraction of sp³-hybridized carbons (Fsp3) is 0.154. The van der Waals surface area contributed by atoms with Crippen LogP contribution in [0.5, 0.6) is 0 Å². The van der Waals surface area contributed by atoms with E-state index in [1.54, 1.807) is 0 Å². The molecule has 0 spiro atoms. The van der Waals surface area contributed by atoms with Gasteiger partial charge in [-0.05, 0) is 40.2 Å². The minimum absolute atomic E-state index is 0.0135. The van der Waals surface area contributed by atoms with E-state index in [1.807, 2.05) is 17.5 Å². The number of nitriles is 1. The molecule has 0 saturated heterocycles. The van der Waals surface area contributed by atoms with Crippen molar-refractivity contribution in [3.8, 4) is 6.07 Å². The topological polar surface area (TPSA) is 87.2 Å². The number of halogens is 1. The average molecular weight is 386 g/mol. The summed E-state index contributed by atoms with van der Waals surface area (Å²) >= 11 is 4.81. The largest absolute Gasteiger partial charge is 0.398 e. The number of nitrogens with two attached hydrogens (primary N) is 1. The Morgan fingerprint density at radius 3 is 2.67 bits per heavy atom. The summed E-state index contributed by atoms with van der Waals surface area (Å²) < 4.78 is 27.2. The number of sulfonamides is 1. The SMILES string of the molecule is CN(Cc1cc(Br)cs1)S(=O)(=O)c1ccc(C#N)cc1N. The Morgan fingerprint density at radius 1 is 1.43 bits per heavy atom. The number of thiophene rings is 1. The first-order valence-corrected chi connectivity index (χ1v) is 8.94. The van der Waals surface area contributed by atoms with Crippen molar-refractivity contribution in [2.24, 2.45) is 0 Å². The fourth-order valence-corrected chi connectivity index (χ4v) is 4.59. The summed E-state index contributed by atoms with van der Waals surface area (Å²) in [4.78, 5) is 0.930. The molecule has 8 heteroatoms. The first-order valence-electron chi connectivity index (χ1n) is 5.83. The van der Waals surface area contributed by atoms with Gasteiger partial charge in [-0.3, -0.25) is 0 Å². The van der Waals surface area contributed by atoms with Crippen LogP contribution in [0.1, 0.15) is 10.4 Å². The molecular weight excluding hydrogens is 374 g/mol. The normalized spacial score (nSPS) is 11.5. The third kappa shape index (κ3) is 3.44. The molecule has 0 saturated carbocycles. The van der Waals surface area contributed by atoms with Crippen molar-refractivity contribution in [2.45, 2.75) is 11.4 Å². The van der Waals surface area contributed by atoms with E-state index in [0.29, 0.717) is 5.56 Å². The van der Waals surface area contributed by atoms with Crippen molar-refractivity contribution in [1.82, 2.24) is 4.31 Å². The molecule has 0 aliphatic carbocycles. The number of hydrogen-bond donors (Lipinski definition) is 1. The number of nitrogens with zero attached hydrogens (tertiary/aromatic N) is 2. The second-order valence-corrected chi connectivity index (χ2v) is 8.28. The van der Waals surface area contributed by atoms with Crippen LogP contribution in [0.2, 0.25) is 0 Å². The summed E-state index contributed by atoms with van der Waals surface area (Å²) in [6.45, 7) is 0.262. The van der Waals surface area contributed by atoms with E-state index in [0.717, 1.165) is 9.35 Å². The summed E-state index contributed by atoms with van der Waals surface area (Å²) in [7, 11) is -2.19. The smallest absolute Gasteiger partial charge is 0.245 e. The van der Waals surface area contributed by atoms with Gasteiger partial charge in [0.15, 0.2) is 0 Å². The van der Waals surface area contributed by atoms with E-state index >= 15 is 0 Å². The molecule has 2 N–H and O–H groups in total. The van der Waals surface area contributed by atoms with Crippen LogP contribution in [-0.2, 0) is 16.6 Å². The zero-order chi connectivity index (χ0) is 15.6. The van der Waals surface area contributed by atoms with E-state index in [4.69, 9.17) is 11.0 Å². The number of anilines is 1. The van der Waals surface area contributed by atoms with Crippen molar-refractivity contribution in [1.29, 1.82) is 5.26 Å². The maximum atomic E-state index is 12.5. The van der Waals surface area contributed by atoms with E-state index < -0.39 is 10.0 Å². The molecule has 0 amide bonds. The van der Waals surface area contributed by atoms with E-state index in [-0.39, 0.29) is 17.1 Å². The van der Waals surface area contributed by atoms with Gasteiger partial charge in [0.25, 0.3) is 0 Å². The van der Waals surface area contributed by atoms with Crippen molar-refractivity contribution in [3.05, 3.63) is 44.6 Å². The van der Waals surface area contributed by atoms with Crippen LogP contribution >= 0.6 is 27.3 Å². The molecule has 0 atom stereocenters. The lowest BCUT2D eigenvalue weighted by atomic mass is 10.2. The zero-order valence-corrected chi connectivity index (χ0v) is 14.3. The van der Waals surface area contributed by atoms with Crippen molar-refractivity contribution >= 4 is 43.0 Å². The Morgan fingerprint density at radius 2 is 2.14 bits per heavy atom. The predicted octanol–water partition coefficient (Wildman–Crippen LogP) is 2.79. The van der Waals surface area contributed by atoms with Crippen LogP contribution in [0.3, 0.4) is 0 Å². The molecule has 2 rings (SSSR count). The molecule has 110 valence electrons. The van der Waals surface area contributed by atoms with Gasteiger partial charge in [0.1, 0.15) is 4.90 Å². The van der Waals surface area contributed by atoms with Crippen LogP contribution < -0.4 is 5.73 Å². The van der Waals surface area contributed by atoms with Crippen LogP contribution in [0, 0.1) is 11.3 Å². The molecule has 5 nitrogen and oxygen atoms in total. The molecule has 21 heavy (non-hydrogen) atoms. The Kier molecular flexibility index (Phi) is 4.68. The first-order chi connectivity index (χ1) is 9.84. The molecule has 0 aliphatic rings. The van der Waals surface area contributed by atoms with E-state index in [1.165, 1.54) is 40.9 Å². The molecule has 0 fully saturated rings. The molecule has 0 radical (unpaired) electrons. The van der Waals surface area contributed by atoms with Gasteiger partial charge in [-0.2, -0.15) is 9.57 Å². The predicted molar refractivity (Wildman–Crippen MR) is 86.2 cm³/mol. The molecule has 1 heterocycles. The van der Waals surface area contributed by atoms with Gasteiger partial charge in [-0.15, -0.1) is 11.3 Å². The summed E-state index contributed by atoms with van der Waals surface area (Å²) in [5, 5.41) is 10.7. The van der Waals surface area contributed by atoms with Gasteiger partial charge < -0.3 is 5.73 Å². The Balaban J connectivity index is 2.31. The maximum absolute atomic E-state index is 12.5. The second kappa shape index (κ2) is 6.15. The number of nitrogen functional groups attached to an aromatic ring is 1. The summed E-state index contributed by atoms with van der Waals surface area (Å²) in [6, 6.07) is 7.97. The maximum Gasteiger partial charge on any atom is 0.245 e. The molecule has 0 unspecified atom stereocenters. The van der Waals surface area contributed by atoms with E-state index in [2.05, 4.69) is 15.9 Å². The Labute approximate surface area is 135 Å². The van der Waals surface area contributed by atoms with Gasteiger partial charge in [-0.25, -0.2) is 8.42 Å². The third-order valence-electron chi connectivity index (χ3n) is 2.83. The molecular formula is C13H12BrN3O2S2. The standard InChI is InChI=1S/C13H12BrN3O2S2/c1-17(7-11-5-10(14)8-20-11)21(18,19)13-3-2-9(6-15)4-12(13)16/h2-5,8H,7,16H2,1H3. The van der Waals surface area contributed by atoms with Crippen molar-refractivity contribution in [3.63, 3.8) is 0 Å². The minimum Gasteiger partial charge on any atom is -0.398 e. The lowest BCUT2D eigenvalue weighted by molar-refractivity contribution is 0.470. The Bertz CT molecular complexity index is 809. The lowest BCUT2D eigenvalue weighted by Crippen LogP contribution is -2.26. The summed E-state index contributed by atoms with van der Waals surface area (Å²) in [5.74, 6) is 0. The molecule has 2 aromatic rings. The number of rotatable bonds is 4. The quantitative estimate of drug-likeness (QED) is 0.819. The first kappa shape index (κ1) is 16.0. The van der Waals surface area contributed by atoms with Crippen LogP contribution in [0.4, 0.5) is 5.69 Å². The van der Waals surface area contributed by atoms with Crippen LogP contribution in [-0.4, -0.2) is 19.8 Å². The average Bonchev–Trinajstić information content (AvgIpc) is 2.83. The highest BCUT2D eigenvalue weighted by Crippen LogP contribution is 2.26. The highest BCUT2D eigenvalue weighted by Gasteiger charge is 2.24. The molecule has 1 aromatic heterocycles. The molecule has 0 bridgehead atoms. The third-order valence-corrected chi connectivity index (χ3v) is 6.39. The lowest BCUT2D eigenvalue weighted by Gasteiger charge is -2.17. The molecule has 1 aromatic carbocycles. The van der Waals surface area contributed by atoms with Gasteiger partial charge in [-0.1, -0.05) is 0 Å². The highest BCUT2D eigenvalue weighted by atomic mass is 79.9. The van der Waals surface area contributed by atoms with Crippen LogP contribution in [0.25, 0.3) is 0 Å². The summed E-state index contributed by atoms with van der Waals surface area (Å²) in [6.07, 6.45) is 0.